The molecule has 0 spiro atoms. The lowest BCUT2D eigenvalue weighted by Gasteiger charge is -2.25. The summed E-state index contributed by atoms with van der Waals surface area (Å²) in [5.74, 6) is -1.08. The monoisotopic (exact) mass is 288 g/mol. The summed E-state index contributed by atoms with van der Waals surface area (Å²) in [7, 11) is 0. The molecule has 1 aliphatic carbocycles. The minimum absolute atomic E-state index is 0.0291. The molecule has 5 heteroatoms. The topological polar surface area (TPSA) is 69.6 Å². The van der Waals surface area contributed by atoms with Crippen LogP contribution in [0.15, 0.2) is 24.3 Å². The first kappa shape index (κ1) is 13.9. The van der Waals surface area contributed by atoms with Crippen LogP contribution in [-0.4, -0.2) is 29.2 Å². The van der Waals surface area contributed by atoms with Crippen molar-refractivity contribution in [3.63, 3.8) is 0 Å². The number of nitrogens with zero attached hydrogens (tertiary/aromatic N) is 1. The number of hydrogen-bond donors (Lipinski definition) is 2. The van der Waals surface area contributed by atoms with Crippen molar-refractivity contribution in [2.75, 3.05) is 4.90 Å². The molecule has 1 aromatic carbocycles. The number of benzene rings is 1. The number of para-hydroxylation sites is 1. The normalized spacial score (nSPS) is 27.5. The molecular weight excluding hydrogens is 268 g/mol. The van der Waals surface area contributed by atoms with Gasteiger partial charge in [-0.1, -0.05) is 18.2 Å². The maximum absolute atomic E-state index is 12.5. The van der Waals surface area contributed by atoms with Crippen molar-refractivity contribution >= 4 is 17.7 Å². The van der Waals surface area contributed by atoms with Crippen molar-refractivity contribution in [3.8, 4) is 0 Å². The van der Waals surface area contributed by atoms with Gasteiger partial charge in [-0.05, 0) is 44.2 Å². The van der Waals surface area contributed by atoms with Crippen molar-refractivity contribution in [3.05, 3.63) is 29.8 Å². The Morgan fingerprint density at radius 2 is 2.05 bits per heavy atom. The first-order valence-corrected chi connectivity index (χ1v) is 7.46. The van der Waals surface area contributed by atoms with Crippen LogP contribution in [0.1, 0.15) is 31.7 Å². The zero-order valence-electron chi connectivity index (χ0n) is 12.1. The number of carboxylic acids is 1. The second-order valence-corrected chi connectivity index (χ2v) is 6.05. The van der Waals surface area contributed by atoms with Gasteiger partial charge in [-0.2, -0.15) is 0 Å². The van der Waals surface area contributed by atoms with Crippen LogP contribution >= 0.6 is 0 Å². The Hall–Kier alpha value is -2.04. The van der Waals surface area contributed by atoms with Crippen LogP contribution in [0.25, 0.3) is 0 Å². The zero-order chi connectivity index (χ0) is 15.0. The summed E-state index contributed by atoms with van der Waals surface area (Å²) in [5, 5.41) is 12.0. The minimum Gasteiger partial charge on any atom is -0.481 e. The summed E-state index contributed by atoms with van der Waals surface area (Å²) < 4.78 is 0. The van der Waals surface area contributed by atoms with E-state index in [4.69, 9.17) is 5.11 Å². The van der Waals surface area contributed by atoms with E-state index in [1.54, 1.807) is 4.90 Å². The van der Waals surface area contributed by atoms with E-state index in [2.05, 4.69) is 11.4 Å². The third-order valence-corrected chi connectivity index (χ3v) is 4.54. The second kappa shape index (κ2) is 5.39. The number of hydrogen-bond acceptors (Lipinski definition) is 2. The average molecular weight is 288 g/mol. The molecule has 2 aliphatic rings. The number of rotatable bonds is 2. The number of carbonyl (C=O) groups excluding carboxylic acids is 1. The predicted octanol–water partition coefficient (Wildman–Crippen LogP) is 2.40. The molecule has 3 unspecified atom stereocenters. The van der Waals surface area contributed by atoms with Crippen molar-refractivity contribution in [1.29, 1.82) is 0 Å². The van der Waals surface area contributed by atoms with Crippen LogP contribution in [0.2, 0.25) is 0 Å². The summed E-state index contributed by atoms with van der Waals surface area (Å²) >= 11 is 0. The molecule has 0 saturated heterocycles. The van der Waals surface area contributed by atoms with E-state index in [0.29, 0.717) is 12.8 Å². The SMILES string of the molecule is CC1Cc2ccccc2N1C(=O)NC1CCC(C(=O)O)C1. The molecule has 3 rings (SSSR count). The highest BCUT2D eigenvalue weighted by molar-refractivity contribution is 5.95. The molecule has 0 radical (unpaired) electrons. The Kier molecular flexibility index (Phi) is 3.57. The Balaban J connectivity index is 1.68. The summed E-state index contributed by atoms with van der Waals surface area (Å²) in [5.41, 5.74) is 2.16. The van der Waals surface area contributed by atoms with Gasteiger partial charge in [-0.3, -0.25) is 9.69 Å². The fraction of sp³-hybridized carbons (Fsp3) is 0.500. The quantitative estimate of drug-likeness (QED) is 0.878. The van der Waals surface area contributed by atoms with Crippen LogP contribution in [0.4, 0.5) is 10.5 Å². The highest BCUT2D eigenvalue weighted by Gasteiger charge is 2.35. The Morgan fingerprint density at radius 3 is 2.76 bits per heavy atom. The largest absolute Gasteiger partial charge is 0.481 e. The number of urea groups is 1. The summed E-state index contributed by atoms with van der Waals surface area (Å²) in [4.78, 5) is 25.3. The number of carbonyl (C=O) groups is 2. The molecule has 0 bridgehead atoms. The number of aliphatic carboxylic acids is 1. The van der Waals surface area contributed by atoms with Gasteiger partial charge in [-0.25, -0.2) is 4.79 Å². The van der Waals surface area contributed by atoms with Crippen molar-refractivity contribution in [2.45, 2.75) is 44.7 Å². The zero-order valence-corrected chi connectivity index (χ0v) is 12.1. The first-order chi connectivity index (χ1) is 10.1. The van der Waals surface area contributed by atoms with Crippen LogP contribution in [0.3, 0.4) is 0 Å². The highest BCUT2D eigenvalue weighted by Crippen LogP contribution is 2.32. The molecule has 1 fully saturated rings. The smallest absolute Gasteiger partial charge is 0.322 e. The van der Waals surface area contributed by atoms with Gasteiger partial charge in [0.15, 0.2) is 0 Å². The molecule has 1 saturated carbocycles. The van der Waals surface area contributed by atoms with Gasteiger partial charge in [-0.15, -0.1) is 0 Å². The van der Waals surface area contributed by atoms with E-state index in [1.165, 1.54) is 5.56 Å². The molecule has 2 N–H and O–H groups in total. The molecule has 2 amide bonds. The van der Waals surface area contributed by atoms with Gasteiger partial charge in [0.1, 0.15) is 0 Å². The van der Waals surface area contributed by atoms with Gasteiger partial charge in [0.25, 0.3) is 0 Å². The van der Waals surface area contributed by atoms with E-state index in [1.807, 2.05) is 25.1 Å². The first-order valence-electron chi connectivity index (χ1n) is 7.46. The number of carboxylic acid groups (broad SMARTS) is 1. The average Bonchev–Trinajstić information content (AvgIpc) is 3.01. The van der Waals surface area contributed by atoms with Gasteiger partial charge in [0.05, 0.1) is 5.92 Å². The lowest BCUT2D eigenvalue weighted by molar-refractivity contribution is -0.141. The number of amides is 2. The van der Waals surface area contributed by atoms with Crippen LogP contribution in [0.5, 0.6) is 0 Å². The maximum atomic E-state index is 12.5. The molecule has 112 valence electrons. The van der Waals surface area contributed by atoms with Crippen molar-refractivity contribution in [2.24, 2.45) is 5.92 Å². The van der Waals surface area contributed by atoms with E-state index >= 15 is 0 Å². The second-order valence-electron chi connectivity index (χ2n) is 6.05. The number of fused-ring (bicyclic) bond motifs is 1. The molecular formula is C16H20N2O3. The Bertz CT molecular complexity index is 572. The number of nitrogens with one attached hydrogen (secondary N) is 1. The summed E-state index contributed by atoms with van der Waals surface area (Å²) in [6.07, 6.45) is 2.79. The van der Waals surface area contributed by atoms with Crippen molar-refractivity contribution in [1.82, 2.24) is 5.32 Å². The predicted molar refractivity (Wildman–Crippen MR) is 79.4 cm³/mol. The standard InChI is InChI=1S/C16H20N2O3/c1-10-8-11-4-2-3-5-14(11)18(10)16(21)17-13-7-6-12(9-13)15(19)20/h2-5,10,12-13H,6-9H2,1H3,(H,17,21)(H,19,20). The van der Waals surface area contributed by atoms with Gasteiger partial charge < -0.3 is 10.4 Å². The lowest BCUT2D eigenvalue weighted by Crippen LogP contribution is -2.46. The van der Waals surface area contributed by atoms with Gasteiger partial charge >= 0.3 is 12.0 Å². The maximum Gasteiger partial charge on any atom is 0.322 e. The summed E-state index contributed by atoms with van der Waals surface area (Å²) in [6, 6.07) is 7.94. The third-order valence-electron chi connectivity index (χ3n) is 4.54. The molecule has 21 heavy (non-hydrogen) atoms. The molecule has 3 atom stereocenters. The lowest BCUT2D eigenvalue weighted by atomic mass is 10.1. The van der Waals surface area contributed by atoms with Gasteiger partial charge in [0.2, 0.25) is 0 Å². The van der Waals surface area contributed by atoms with Gasteiger partial charge in [0, 0.05) is 17.8 Å². The fourth-order valence-electron chi connectivity index (χ4n) is 3.46. The van der Waals surface area contributed by atoms with E-state index in [0.717, 1.165) is 18.5 Å². The molecule has 0 aromatic heterocycles. The Morgan fingerprint density at radius 1 is 1.29 bits per heavy atom. The third kappa shape index (κ3) is 2.60. The molecule has 1 aliphatic heterocycles. The Labute approximate surface area is 123 Å². The van der Waals surface area contributed by atoms with Crippen molar-refractivity contribution < 1.29 is 14.7 Å². The minimum atomic E-state index is -0.758. The van der Waals surface area contributed by atoms with Crippen LogP contribution in [0, 0.1) is 5.92 Å². The summed E-state index contributed by atoms with van der Waals surface area (Å²) in [6.45, 7) is 2.04. The van der Waals surface area contributed by atoms with Crippen LogP contribution in [-0.2, 0) is 11.2 Å². The van der Waals surface area contributed by atoms with Crippen LogP contribution < -0.4 is 10.2 Å². The molecule has 1 heterocycles. The van der Waals surface area contributed by atoms with E-state index in [9.17, 15) is 9.59 Å². The highest BCUT2D eigenvalue weighted by atomic mass is 16.4. The molecule has 1 aromatic rings. The molecule has 5 nitrogen and oxygen atoms in total. The fourth-order valence-corrected chi connectivity index (χ4v) is 3.46. The van der Waals surface area contributed by atoms with E-state index in [-0.39, 0.29) is 24.0 Å². The van der Waals surface area contributed by atoms with E-state index < -0.39 is 5.97 Å². The number of anilines is 1.